The van der Waals surface area contributed by atoms with Crippen molar-refractivity contribution in [2.45, 2.75) is 25.9 Å². The Labute approximate surface area is 210 Å². The van der Waals surface area contributed by atoms with Gasteiger partial charge in [0.15, 0.2) is 0 Å². The van der Waals surface area contributed by atoms with Crippen LogP contribution in [0.3, 0.4) is 0 Å². The second-order valence-corrected chi connectivity index (χ2v) is 8.95. The quantitative estimate of drug-likeness (QED) is 0.399. The highest BCUT2D eigenvalue weighted by molar-refractivity contribution is 6.04. The van der Waals surface area contributed by atoms with Crippen LogP contribution >= 0.6 is 0 Å². The number of alkyl halides is 3. The van der Waals surface area contributed by atoms with Gasteiger partial charge in [-0.3, -0.25) is 9.78 Å². The largest absolute Gasteiger partial charge is 0.416 e. The molecule has 1 saturated heterocycles. The summed E-state index contributed by atoms with van der Waals surface area (Å²) in [5.41, 5.74) is 3.32. The maximum absolute atomic E-state index is 13.0. The number of hydrogen-bond donors (Lipinski definition) is 1. The normalized spacial score (nSPS) is 15.6. The third kappa shape index (κ3) is 5.67. The highest BCUT2D eigenvalue weighted by Crippen LogP contribution is 2.30. The van der Waals surface area contributed by atoms with Crippen LogP contribution in [0.1, 0.15) is 33.5 Å². The van der Waals surface area contributed by atoms with Crippen molar-refractivity contribution in [1.82, 2.24) is 25.0 Å². The van der Waals surface area contributed by atoms with Gasteiger partial charge in [0.1, 0.15) is 11.5 Å². The SMILES string of the molecule is Cc1ccc(C(=O)Nc2cc(C(F)(F)F)ccn2)cc1-n1cc(-c2cncc(CC3CCOC3)c2)nn1. The van der Waals surface area contributed by atoms with Gasteiger partial charge in [-0.1, -0.05) is 11.3 Å². The van der Waals surface area contributed by atoms with E-state index < -0.39 is 17.6 Å². The van der Waals surface area contributed by atoms with E-state index in [1.54, 1.807) is 35.3 Å². The molecule has 1 aromatic carbocycles. The van der Waals surface area contributed by atoms with Gasteiger partial charge >= 0.3 is 6.18 Å². The summed E-state index contributed by atoms with van der Waals surface area (Å²) in [6.45, 7) is 3.41. The molecule has 0 bridgehead atoms. The fourth-order valence-corrected chi connectivity index (χ4v) is 4.19. The first-order valence-corrected chi connectivity index (χ1v) is 11.7. The molecule has 4 heterocycles. The van der Waals surface area contributed by atoms with Crippen molar-refractivity contribution in [3.63, 3.8) is 0 Å². The molecule has 1 unspecified atom stereocenters. The number of carbonyl (C=O) groups excluding carboxylic acids is 1. The summed E-state index contributed by atoms with van der Waals surface area (Å²) < 4.78 is 46.0. The van der Waals surface area contributed by atoms with Crippen molar-refractivity contribution in [2.75, 3.05) is 18.5 Å². The Balaban J connectivity index is 1.35. The highest BCUT2D eigenvalue weighted by atomic mass is 19.4. The van der Waals surface area contributed by atoms with Crippen LogP contribution < -0.4 is 5.32 Å². The maximum atomic E-state index is 13.0. The monoisotopic (exact) mass is 508 g/mol. The van der Waals surface area contributed by atoms with E-state index in [0.29, 0.717) is 17.3 Å². The zero-order valence-corrected chi connectivity index (χ0v) is 19.9. The molecular formula is C26H23F3N6O2. The van der Waals surface area contributed by atoms with Crippen molar-refractivity contribution in [3.05, 3.63) is 83.4 Å². The Morgan fingerprint density at radius 3 is 2.84 bits per heavy atom. The Morgan fingerprint density at radius 1 is 1.19 bits per heavy atom. The summed E-state index contributed by atoms with van der Waals surface area (Å²) in [4.78, 5) is 21.0. The molecule has 0 spiro atoms. The minimum atomic E-state index is -4.54. The van der Waals surface area contributed by atoms with Crippen molar-refractivity contribution in [3.8, 4) is 16.9 Å². The average Bonchev–Trinajstić information content (AvgIpc) is 3.57. The number of nitrogens with one attached hydrogen (secondary N) is 1. The lowest BCUT2D eigenvalue weighted by molar-refractivity contribution is -0.137. The van der Waals surface area contributed by atoms with E-state index in [4.69, 9.17) is 4.74 Å². The molecule has 1 amide bonds. The van der Waals surface area contributed by atoms with Crippen molar-refractivity contribution in [1.29, 1.82) is 0 Å². The Kier molecular flexibility index (Phi) is 6.70. The van der Waals surface area contributed by atoms with Gasteiger partial charge in [-0.25, -0.2) is 9.67 Å². The molecule has 1 N–H and O–H groups in total. The number of rotatable bonds is 6. The average molecular weight is 509 g/mol. The van der Waals surface area contributed by atoms with Crippen LogP contribution in [-0.4, -0.2) is 44.1 Å². The lowest BCUT2D eigenvalue weighted by Crippen LogP contribution is -2.15. The number of halogens is 3. The number of ether oxygens (including phenoxy) is 1. The summed E-state index contributed by atoms with van der Waals surface area (Å²) in [5, 5.41) is 10.9. The van der Waals surface area contributed by atoms with Gasteiger partial charge in [0.05, 0.1) is 17.4 Å². The molecule has 4 aromatic rings. The zero-order valence-electron chi connectivity index (χ0n) is 19.9. The Hall–Kier alpha value is -4.12. The van der Waals surface area contributed by atoms with Crippen LogP contribution in [0.2, 0.25) is 0 Å². The van der Waals surface area contributed by atoms with E-state index in [9.17, 15) is 18.0 Å². The topological polar surface area (TPSA) is 94.8 Å². The number of carbonyl (C=O) groups is 1. The number of benzene rings is 1. The minimum Gasteiger partial charge on any atom is -0.381 e. The number of hydrogen-bond acceptors (Lipinski definition) is 6. The first-order chi connectivity index (χ1) is 17.8. The highest BCUT2D eigenvalue weighted by Gasteiger charge is 2.31. The minimum absolute atomic E-state index is 0.193. The molecule has 11 heteroatoms. The summed E-state index contributed by atoms with van der Waals surface area (Å²) in [5.74, 6) is -0.307. The van der Waals surface area contributed by atoms with Gasteiger partial charge < -0.3 is 10.1 Å². The Morgan fingerprint density at radius 2 is 2.05 bits per heavy atom. The molecular weight excluding hydrogens is 485 g/mol. The van der Waals surface area contributed by atoms with Gasteiger partial charge in [0.2, 0.25) is 0 Å². The van der Waals surface area contributed by atoms with Crippen LogP contribution in [0.5, 0.6) is 0 Å². The first-order valence-electron chi connectivity index (χ1n) is 11.7. The van der Waals surface area contributed by atoms with Crippen LogP contribution in [0.15, 0.2) is 61.2 Å². The fraction of sp³-hybridized carbons (Fsp3) is 0.269. The third-order valence-corrected chi connectivity index (χ3v) is 6.18. The zero-order chi connectivity index (χ0) is 26.0. The van der Waals surface area contributed by atoms with Gasteiger partial charge in [-0.2, -0.15) is 13.2 Å². The molecule has 0 radical (unpaired) electrons. The number of anilines is 1. The predicted octanol–water partition coefficient (Wildman–Crippen LogP) is 4.88. The van der Waals surface area contributed by atoms with E-state index in [0.717, 1.165) is 61.1 Å². The predicted molar refractivity (Wildman–Crippen MR) is 129 cm³/mol. The van der Waals surface area contributed by atoms with E-state index in [2.05, 4.69) is 25.6 Å². The lowest BCUT2D eigenvalue weighted by Gasteiger charge is -2.11. The molecule has 1 aliphatic heterocycles. The summed E-state index contributed by atoms with van der Waals surface area (Å²) in [6, 6.07) is 8.59. The molecule has 1 aliphatic rings. The van der Waals surface area contributed by atoms with Gasteiger partial charge in [0, 0.05) is 42.9 Å². The van der Waals surface area contributed by atoms with Crippen molar-refractivity contribution < 1.29 is 22.7 Å². The summed E-state index contributed by atoms with van der Waals surface area (Å²) >= 11 is 0. The lowest BCUT2D eigenvalue weighted by atomic mass is 9.99. The number of pyridine rings is 2. The molecule has 0 aliphatic carbocycles. The van der Waals surface area contributed by atoms with E-state index in [1.165, 1.54) is 0 Å². The van der Waals surface area contributed by atoms with Crippen LogP contribution in [-0.2, 0) is 17.3 Å². The van der Waals surface area contributed by atoms with Crippen LogP contribution in [0.4, 0.5) is 19.0 Å². The molecule has 3 aromatic heterocycles. The molecule has 1 atom stereocenters. The van der Waals surface area contributed by atoms with Crippen LogP contribution in [0.25, 0.3) is 16.9 Å². The molecule has 0 saturated carbocycles. The van der Waals surface area contributed by atoms with E-state index in [-0.39, 0.29) is 11.4 Å². The van der Waals surface area contributed by atoms with Gasteiger partial charge in [0.25, 0.3) is 5.91 Å². The molecule has 190 valence electrons. The molecule has 5 rings (SSSR count). The van der Waals surface area contributed by atoms with Gasteiger partial charge in [-0.05, 0) is 67.1 Å². The third-order valence-electron chi connectivity index (χ3n) is 6.18. The summed E-state index contributed by atoms with van der Waals surface area (Å²) in [7, 11) is 0. The van der Waals surface area contributed by atoms with E-state index >= 15 is 0 Å². The smallest absolute Gasteiger partial charge is 0.381 e. The standard InChI is InChI=1S/C26H23F3N6O2/c1-16-2-3-19(25(36)32-24-11-21(4-6-31-24)26(27,28)29)10-23(16)35-14-22(33-34-35)20-9-18(12-30-13-20)8-17-5-7-37-15-17/h2-4,6,9-14,17H,5,7-8,15H2,1H3,(H,31,32,36). The maximum Gasteiger partial charge on any atom is 0.416 e. The van der Waals surface area contributed by atoms with Crippen molar-refractivity contribution >= 4 is 11.7 Å². The number of aromatic nitrogens is 5. The van der Waals surface area contributed by atoms with E-state index in [1.807, 2.05) is 19.2 Å². The number of nitrogens with zero attached hydrogens (tertiary/aromatic N) is 5. The second-order valence-electron chi connectivity index (χ2n) is 8.95. The van der Waals surface area contributed by atoms with Crippen LogP contribution in [0, 0.1) is 12.8 Å². The molecule has 1 fully saturated rings. The molecule has 37 heavy (non-hydrogen) atoms. The number of amides is 1. The second kappa shape index (κ2) is 10.1. The first kappa shape index (κ1) is 24.6. The summed E-state index contributed by atoms with van der Waals surface area (Å²) in [6.07, 6.45) is 3.70. The van der Waals surface area contributed by atoms with Crippen molar-refractivity contribution in [2.24, 2.45) is 5.92 Å². The Bertz CT molecular complexity index is 1430. The van der Waals surface area contributed by atoms with Gasteiger partial charge in [-0.15, -0.1) is 5.10 Å². The molecule has 8 nitrogen and oxygen atoms in total. The number of aryl methyl sites for hydroxylation is 1. The fourth-order valence-electron chi connectivity index (χ4n) is 4.19.